The van der Waals surface area contributed by atoms with Crippen LogP contribution in [0.5, 0.6) is 0 Å². The van der Waals surface area contributed by atoms with Gasteiger partial charge in [-0.2, -0.15) is 4.98 Å². The summed E-state index contributed by atoms with van der Waals surface area (Å²) in [6.45, 7) is 7.74. The van der Waals surface area contributed by atoms with E-state index in [2.05, 4.69) is 32.8 Å². The SMILES string of the molecule is Cc1cc(N2CCN(c3nc(C)cc(N(C)C)n3)CC2)nc(C2CC2)n1. The van der Waals surface area contributed by atoms with Crippen molar-refractivity contribution in [2.24, 2.45) is 0 Å². The summed E-state index contributed by atoms with van der Waals surface area (Å²) in [6.07, 6.45) is 2.46. The summed E-state index contributed by atoms with van der Waals surface area (Å²) in [5.74, 6) is 4.46. The van der Waals surface area contributed by atoms with E-state index in [-0.39, 0.29) is 0 Å². The van der Waals surface area contributed by atoms with Gasteiger partial charge in [0.05, 0.1) is 0 Å². The van der Waals surface area contributed by atoms with Gasteiger partial charge in [-0.1, -0.05) is 0 Å². The minimum Gasteiger partial charge on any atom is -0.363 e. The fourth-order valence-corrected chi connectivity index (χ4v) is 3.30. The Labute approximate surface area is 155 Å². The zero-order valence-electron chi connectivity index (χ0n) is 16.1. The smallest absolute Gasteiger partial charge is 0.227 e. The highest BCUT2D eigenvalue weighted by Gasteiger charge is 2.28. The molecule has 0 unspecified atom stereocenters. The van der Waals surface area contributed by atoms with Gasteiger partial charge in [0.2, 0.25) is 5.95 Å². The van der Waals surface area contributed by atoms with Crippen LogP contribution in [0, 0.1) is 13.8 Å². The molecular formula is C19H27N7. The van der Waals surface area contributed by atoms with Crippen molar-refractivity contribution in [3.8, 4) is 0 Å². The molecule has 0 N–H and O–H groups in total. The van der Waals surface area contributed by atoms with Crippen LogP contribution in [0.15, 0.2) is 12.1 Å². The van der Waals surface area contributed by atoms with Crippen molar-refractivity contribution in [3.63, 3.8) is 0 Å². The van der Waals surface area contributed by atoms with Gasteiger partial charge < -0.3 is 14.7 Å². The molecule has 1 saturated carbocycles. The number of aryl methyl sites for hydroxylation is 2. The summed E-state index contributed by atoms with van der Waals surface area (Å²) < 4.78 is 0. The van der Waals surface area contributed by atoms with E-state index in [1.54, 1.807) is 0 Å². The fraction of sp³-hybridized carbons (Fsp3) is 0.579. The molecule has 0 aromatic carbocycles. The predicted molar refractivity (Wildman–Crippen MR) is 104 cm³/mol. The molecule has 138 valence electrons. The predicted octanol–water partition coefficient (Wildman–Crippen LogP) is 2.15. The first kappa shape index (κ1) is 17.0. The second kappa shape index (κ2) is 6.70. The van der Waals surface area contributed by atoms with Crippen molar-refractivity contribution in [3.05, 3.63) is 29.3 Å². The Kier molecular flexibility index (Phi) is 4.38. The summed E-state index contributed by atoms with van der Waals surface area (Å²) in [5.41, 5.74) is 2.07. The first-order valence-corrected chi connectivity index (χ1v) is 9.38. The van der Waals surface area contributed by atoms with Crippen molar-refractivity contribution in [1.82, 2.24) is 19.9 Å². The van der Waals surface area contributed by atoms with Crippen molar-refractivity contribution in [2.45, 2.75) is 32.6 Å². The van der Waals surface area contributed by atoms with Gasteiger partial charge in [0.15, 0.2) is 0 Å². The van der Waals surface area contributed by atoms with E-state index in [0.29, 0.717) is 5.92 Å². The van der Waals surface area contributed by atoms with Crippen LogP contribution in [0.4, 0.5) is 17.6 Å². The van der Waals surface area contributed by atoms with Gasteiger partial charge in [0.1, 0.15) is 17.5 Å². The Balaban J connectivity index is 1.48. The Bertz CT molecular complexity index is 733. The van der Waals surface area contributed by atoms with E-state index >= 15 is 0 Å². The molecule has 4 rings (SSSR count). The van der Waals surface area contributed by atoms with Crippen molar-refractivity contribution < 1.29 is 0 Å². The first-order valence-electron chi connectivity index (χ1n) is 9.38. The lowest BCUT2D eigenvalue weighted by molar-refractivity contribution is 0.630. The van der Waals surface area contributed by atoms with Crippen LogP contribution < -0.4 is 14.7 Å². The highest BCUT2D eigenvalue weighted by atomic mass is 15.3. The molecule has 1 saturated heterocycles. The third-order valence-corrected chi connectivity index (χ3v) is 4.97. The monoisotopic (exact) mass is 353 g/mol. The zero-order valence-corrected chi connectivity index (χ0v) is 16.1. The van der Waals surface area contributed by atoms with Crippen LogP contribution in [0.3, 0.4) is 0 Å². The molecule has 7 heteroatoms. The van der Waals surface area contributed by atoms with Gasteiger partial charge in [-0.05, 0) is 26.7 Å². The van der Waals surface area contributed by atoms with E-state index < -0.39 is 0 Å². The van der Waals surface area contributed by atoms with E-state index in [1.807, 2.05) is 32.0 Å². The van der Waals surface area contributed by atoms with Crippen LogP contribution in [0.2, 0.25) is 0 Å². The molecule has 2 aromatic rings. The van der Waals surface area contributed by atoms with Gasteiger partial charge >= 0.3 is 0 Å². The summed E-state index contributed by atoms with van der Waals surface area (Å²) in [6, 6.07) is 4.12. The summed E-state index contributed by atoms with van der Waals surface area (Å²) in [7, 11) is 4.02. The molecule has 7 nitrogen and oxygen atoms in total. The van der Waals surface area contributed by atoms with E-state index in [0.717, 1.165) is 61.0 Å². The number of piperazine rings is 1. The molecule has 3 heterocycles. The third kappa shape index (κ3) is 3.57. The number of rotatable bonds is 4. The maximum atomic E-state index is 4.83. The molecule has 2 aromatic heterocycles. The molecule has 0 spiro atoms. The number of hydrogen-bond donors (Lipinski definition) is 0. The second-order valence-corrected chi connectivity index (χ2v) is 7.54. The van der Waals surface area contributed by atoms with E-state index in [1.165, 1.54) is 12.8 Å². The number of anilines is 3. The minimum atomic E-state index is 0.583. The fourth-order valence-electron chi connectivity index (χ4n) is 3.30. The average molecular weight is 353 g/mol. The Morgan fingerprint density at radius 3 is 2.15 bits per heavy atom. The molecule has 2 fully saturated rings. The average Bonchev–Trinajstić information content (AvgIpc) is 3.46. The topological polar surface area (TPSA) is 61.3 Å². The third-order valence-electron chi connectivity index (χ3n) is 4.97. The standard InChI is InChI=1S/C19H27N7/c1-13-12-17(22-18(20-13)15-5-6-15)25-7-9-26(10-8-25)19-21-14(2)11-16(23-19)24(3)4/h11-12,15H,5-10H2,1-4H3. The van der Waals surface area contributed by atoms with Crippen LogP contribution in [0.25, 0.3) is 0 Å². The van der Waals surface area contributed by atoms with Crippen LogP contribution in [-0.2, 0) is 0 Å². The van der Waals surface area contributed by atoms with Gasteiger partial charge in [-0.15, -0.1) is 0 Å². The Morgan fingerprint density at radius 1 is 0.846 bits per heavy atom. The van der Waals surface area contributed by atoms with Crippen LogP contribution in [0.1, 0.15) is 36.0 Å². The highest BCUT2D eigenvalue weighted by Crippen LogP contribution is 2.38. The lowest BCUT2D eigenvalue weighted by Crippen LogP contribution is -2.47. The van der Waals surface area contributed by atoms with Crippen molar-refractivity contribution >= 4 is 17.6 Å². The second-order valence-electron chi connectivity index (χ2n) is 7.54. The quantitative estimate of drug-likeness (QED) is 0.834. The molecule has 0 amide bonds. The summed E-state index contributed by atoms with van der Waals surface area (Å²) in [4.78, 5) is 25.5. The molecule has 2 aliphatic rings. The van der Waals surface area contributed by atoms with E-state index in [9.17, 15) is 0 Å². The summed E-state index contributed by atoms with van der Waals surface area (Å²) in [5, 5.41) is 0. The number of hydrogen-bond acceptors (Lipinski definition) is 7. The molecule has 1 aliphatic carbocycles. The Hall–Kier alpha value is -2.44. The maximum absolute atomic E-state index is 4.83. The molecule has 0 radical (unpaired) electrons. The van der Waals surface area contributed by atoms with Crippen molar-refractivity contribution in [1.29, 1.82) is 0 Å². The molecule has 0 bridgehead atoms. The zero-order chi connectivity index (χ0) is 18.3. The van der Waals surface area contributed by atoms with Gasteiger partial charge in [0, 0.05) is 69.7 Å². The molecule has 26 heavy (non-hydrogen) atoms. The van der Waals surface area contributed by atoms with Crippen molar-refractivity contribution in [2.75, 3.05) is 55.0 Å². The minimum absolute atomic E-state index is 0.583. The van der Waals surface area contributed by atoms with E-state index in [4.69, 9.17) is 9.97 Å². The molecule has 1 aliphatic heterocycles. The van der Waals surface area contributed by atoms with Gasteiger partial charge in [-0.25, -0.2) is 15.0 Å². The first-order chi connectivity index (χ1) is 12.5. The number of aromatic nitrogens is 4. The highest BCUT2D eigenvalue weighted by molar-refractivity contribution is 5.47. The molecule has 0 atom stereocenters. The van der Waals surface area contributed by atoms with Gasteiger partial charge in [0.25, 0.3) is 0 Å². The lowest BCUT2D eigenvalue weighted by Gasteiger charge is -2.36. The molecular weight excluding hydrogens is 326 g/mol. The Morgan fingerprint density at radius 2 is 1.50 bits per heavy atom. The van der Waals surface area contributed by atoms with Crippen LogP contribution >= 0.6 is 0 Å². The summed E-state index contributed by atoms with van der Waals surface area (Å²) >= 11 is 0. The lowest BCUT2D eigenvalue weighted by atomic mass is 10.3. The van der Waals surface area contributed by atoms with Crippen LogP contribution in [-0.4, -0.2) is 60.2 Å². The normalized spacial score (nSPS) is 17.5. The maximum Gasteiger partial charge on any atom is 0.227 e. The largest absolute Gasteiger partial charge is 0.363 e. The number of nitrogens with zero attached hydrogens (tertiary/aromatic N) is 7. The van der Waals surface area contributed by atoms with Gasteiger partial charge in [-0.3, -0.25) is 0 Å².